The van der Waals surface area contributed by atoms with E-state index in [2.05, 4.69) is 50.8 Å². The molecule has 202 valence electrons. The predicted octanol–water partition coefficient (Wildman–Crippen LogP) is 5.88. The van der Waals surface area contributed by atoms with Crippen LogP contribution in [0.5, 0.6) is 0 Å². The van der Waals surface area contributed by atoms with Crippen LogP contribution in [0.4, 0.5) is 5.69 Å². The summed E-state index contributed by atoms with van der Waals surface area (Å²) in [5.74, 6) is -0.0760. The molecule has 0 amide bonds. The maximum absolute atomic E-state index is 13.5. The van der Waals surface area contributed by atoms with E-state index in [-0.39, 0.29) is 27.9 Å². The highest BCUT2D eigenvalue weighted by atomic mass is 35.5. The van der Waals surface area contributed by atoms with Gasteiger partial charge in [0, 0.05) is 23.9 Å². The molecule has 11 heteroatoms. The summed E-state index contributed by atoms with van der Waals surface area (Å²) in [5, 5.41) is 12.4. The number of aromatic nitrogens is 5. The molecule has 0 aliphatic rings. The molecule has 0 bridgehead atoms. The van der Waals surface area contributed by atoms with E-state index >= 15 is 0 Å². The second-order valence-electron chi connectivity index (χ2n) is 10.9. The Balaban J connectivity index is 1.60. The van der Waals surface area contributed by atoms with Gasteiger partial charge in [-0.1, -0.05) is 43.6 Å². The lowest BCUT2D eigenvalue weighted by Crippen LogP contribution is -2.15. The fourth-order valence-corrected chi connectivity index (χ4v) is 4.74. The lowest BCUT2D eigenvalue weighted by atomic mass is 9.97. The highest BCUT2D eigenvalue weighted by Gasteiger charge is 2.22. The van der Waals surface area contributed by atoms with Crippen LogP contribution in [0.1, 0.15) is 50.4 Å². The average molecular weight is 549 g/mol. The Hall–Kier alpha value is -4.18. The van der Waals surface area contributed by atoms with Gasteiger partial charge in [0.15, 0.2) is 5.43 Å². The number of fused-ring (bicyclic) bond motifs is 1. The smallest absolute Gasteiger partial charge is 0.439 e. The van der Waals surface area contributed by atoms with Crippen LogP contribution in [0.25, 0.3) is 33.8 Å². The van der Waals surface area contributed by atoms with Gasteiger partial charge in [0.2, 0.25) is 5.82 Å². The molecular weight excluding hydrogens is 520 g/mol. The Morgan fingerprint density at radius 1 is 1.18 bits per heavy atom. The van der Waals surface area contributed by atoms with Crippen molar-refractivity contribution in [1.29, 1.82) is 0 Å². The highest BCUT2D eigenvalue weighted by Crippen LogP contribution is 2.34. The monoisotopic (exact) mass is 548 g/mol. The number of anilines is 1. The van der Waals surface area contributed by atoms with Gasteiger partial charge in [-0.2, -0.15) is 5.10 Å². The number of rotatable bonds is 6. The number of aryl methyl sites for hydroxylation is 1. The van der Waals surface area contributed by atoms with Crippen LogP contribution in [-0.4, -0.2) is 24.9 Å². The first-order chi connectivity index (χ1) is 18.4. The first kappa shape index (κ1) is 26.4. The minimum absolute atomic E-state index is 0.0444. The fourth-order valence-electron chi connectivity index (χ4n) is 4.59. The topological polar surface area (TPSA) is 132 Å². The van der Waals surface area contributed by atoms with E-state index < -0.39 is 5.76 Å². The number of H-pyrrole nitrogens is 1. The molecule has 0 saturated heterocycles. The number of hydrogen-bond acceptors (Lipinski definition) is 8. The minimum Gasteiger partial charge on any atom is -0.455 e. The third kappa shape index (κ3) is 5.37. The molecular formula is C28H29ClN6O4. The van der Waals surface area contributed by atoms with Gasteiger partial charge in [-0.25, -0.2) is 9.78 Å². The third-order valence-corrected chi connectivity index (χ3v) is 6.50. The summed E-state index contributed by atoms with van der Waals surface area (Å²) in [6, 6.07) is 6.85. The molecule has 2 N–H and O–H groups in total. The van der Waals surface area contributed by atoms with Crippen molar-refractivity contribution in [3.05, 3.63) is 79.3 Å². The zero-order chi connectivity index (χ0) is 28.1. The number of hydrogen-bond donors (Lipinski definition) is 2. The molecule has 0 unspecified atom stereocenters. The van der Waals surface area contributed by atoms with E-state index in [1.807, 2.05) is 36.9 Å². The molecule has 0 aliphatic carbocycles. The maximum atomic E-state index is 13.5. The standard InChI is InChI=1S/C28H29ClN6O4/c1-14-9-18(16(3)31-20-7-8-21(29)32-22(20)26-33-27(37)39-34-26)25-19(10-14)23(36)15(2)24(38-25)17-11-30-35(12-17)13-28(4,5)6/h7-12,16,31H,13H2,1-6H3,(H,33,34,37)/t16-/m1/s1. The lowest BCUT2D eigenvalue weighted by molar-refractivity contribution is 0.325. The maximum Gasteiger partial charge on any atom is 0.439 e. The summed E-state index contributed by atoms with van der Waals surface area (Å²) in [6.45, 7) is 12.8. The van der Waals surface area contributed by atoms with Gasteiger partial charge in [-0.15, -0.1) is 0 Å². The second-order valence-corrected chi connectivity index (χ2v) is 11.3. The number of pyridine rings is 1. The first-order valence-electron chi connectivity index (χ1n) is 12.5. The number of halogens is 1. The molecule has 0 saturated carbocycles. The van der Waals surface area contributed by atoms with Crippen LogP contribution in [0, 0.1) is 19.3 Å². The summed E-state index contributed by atoms with van der Waals surface area (Å²) < 4.78 is 13.0. The number of benzene rings is 1. The van der Waals surface area contributed by atoms with Gasteiger partial charge >= 0.3 is 5.76 Å². The van der Waals surface area contributed by atoms with E-state index in [9.17, 15) is 9.59 Å². The fraction of sp³-hybridized carbons (Fsp3) is 0.321. The number of aromatic amines is 1. The summed E-state index contributed by atoms with van der Waals surface area (Å²) >= 11 is 6.13. The molecule has 0 spiro atoms. The van der Waals surface area contributed by atoms with Crippen molar-refractivity contribution in [2.45, 2.75) is 54.1 Å². The van der Waals surface area contributed by atoms with Gasteiger partial charge in [0.25, 0.3) is 0 Å². The lowest BCUT2D eigenvalue weighted by Gasteiger charge is -2.20. The zero-order valence-electron chi connectivity index (χ0n) is 22.5. The first-order valence-corrected chi connectivity index (χ1v) is 12.9. The molecule has 0 aliphatic heterocycles. The van der Waals surface area contributed by atoms with Crippen molar-refractivity contribution in [3.63, 3.8) is 0 Å². The van der Waals surface area contributed by atoms with Crippen LogP contribution in [0.2, 0.25) is 5.15 Å². The van der Waals surface area contributed by atoms with E-state index in [1.165, 1.54) is 0 Å². The highest BCUT2D eigenvalue weighted by molar-refractivity contribution is 6.29. The Morgan fingerprint density at radius 3 is 2.64 bits per heavy atom. The Kier molecular flexibility index (Phi) is 6.67. The largest absolute Gasteiger partial charge is 0.455 e. The zero-order valence-corrected chi connectivity index (χ0v) is 23.3. The van der Waals surface area contributed by atoms with Crippen molar-refractivity contribution < 1.29 is 8.94 Å². The Morgan fingerprint density at radius 2 is 1.95 bits per heavy atom. The molecule has 0 fully saturated rings. The second kappa shape index (κ2) is 9.85. The van der Waals surface area contributed by atoms with Crippen molar-refractivity contribution in [3.8, 4) is 22.8 Å². The van der Waals surface area contributed by atoms with Crippen LogP contribution < -0.4 is 16.5 Å². The van der Waals surface area contributed by atoms with Gasteiger partial charge in [-0.3, -0.25) is 19.0 Å². The van der Waals surface area contributed by atoms with Crippen LogP contribution in [0.3, 0.4) is 0 Å². The van der Waals surface area contributed by atoms with E-state index in [4.69, 9.17) is 16.0 Å². The molecule has 0 radical (unpaired) electrons. The number of nitrogens with zero attached hydrogens (tertiary/aromatic N) is 4. The van der Waals surface area contributed by atoms with Crippen molar-refractivity contribution in [1.82, 2.24) is 24.9 Å². The minimum atomic E-state index is -0.703. The molecule has 4 heterocycles. The van der Waals surface area contributed by atoms with E-state index in [1.54, 1.807) is 25.3 Å². The van der Waals surface area contributed by atoms with Gasteiger partial charge in [0.1, 0.15) is 22.2 Å². The van der Waals surface area contributed by atoms with E-state index in [0.717, 1.165) is 23.2 Å². The predicted molar refractivity (Wildman–Crippen MR) is 150 cm³/mol. The van der Waals surface area contributed by atoms with E-state index in [0.29, 0.717) is 33.7 Å². The average Bonchev–Trinajstić information content (AvgIpc) is 3.50. The van der Waals surface area contributed by atoms with Gasteiger partial charge in [0.05, 0.1) is 28.9 Å². The van der Waals surface area contributed by atoms with Crippen molar-refractivity contribution in [2.24, 2.45) is 5.41 Å². The van der Waals surface area contributed by atoms with Crippen molar-refractivity contribution in [2.75, 3.05) is 5.32 Å². The quantitative estimate of drug-likeness (QED) is 0.251. The summed E-state index contributed by atoms with van der Waals surface area (Å²) in [5.41, 5.74) is 4.26. The number of nitrogens with one attached hydrogen (secondary N) is 2. The van der Waals surface area contributed by atoms with Gasteiger partial charge < -0.3 is 9.73 Å². The van der Waals surface area contributed by atoms with Crippen LogP contribution in [-0.2, 0) is 6.54 Å². The summed E-state index contributed by atoms with van der Waals surface area (Å²) in [7, 11) is 0. The molecule has 10 nitrogen and oxygen atoms in total. The molecule has 1 atom stereocenters. The third-order valence-electron chi connectivity index (χ3n) is 6.29. The van der Waals surface area contributed by atoms with Crippen LogP contribution in [0.15, 0.2) is 55.2 Å². The SMILES string of the molecule is Cc1cc([C@@H](C)Nc2ccc(Cl)nc2-c2noc(=O)[nH]2)c2oc(-c3cnn(CC(C)(C)C)c3)c(C)c(=O)c2c1. The Labute approximate surface area is 229 Å². The Bertz CT molecular complexity index is 1810. The molecule has 5 aromatic rings. The van der Waals surface area contributed by atoms with Crippen molar-refractivity contribution >= 4 is 28.3 Å². The summed E-state index contributed by atoms with van der Waals surface area (Å²) in [4.78, 5) is 31.9. The molecule has 39 heavy (non-hydrogen) atoms. The molecule has 5 rings (SSSR count). The molecule has 4 aromatic heterocycles. The van der Waals surface area contributed by atoms with Gasteiger partial charge in [-0.05, 0) is 49.9 Å². The molecule has 1 aromatic carbocycles. The normalized spacial score (nSPS) is 12.7. The summed E-state index contributed by atoms with van der Waals surface area (Å²) in [6.07, 6.45) is 3.63. The van der Waals surface area contributed by atoms with Crippen LogP contribution >= 0.6 is 11.6 Å².